The smallest absolute Gasteiger partial charge is 0.104 e. The quantitative estimate of drug-likeness (QED) is 0.832. The van der Waals surface area contributed by atoms with Crippen LogP contribution in [0.15, 0.2) is 24.3 Å². The summed E-state index contributed by atoms with van der Waals surface area (Å²) in [6.07, 6.45) is 1.15. The molecule has 1 aromatic carbocycles. The first-order chi connectivity index (χ1) is 7.79. The molecule has 1 rings (SSSR count). The summed E-state index contributed by atoms with van der Waals surface area (Å²) in [5.74, 6) is 0. The van der Waals surface area contributed by atoms with Gasteiger partial charge in [0.15, 0.2) is 0 Å². The molecule has 0 heterocycles. The van der Waals surface area contributed by atoms with Crippen molar-refractivity contribution in [3.63, 3.8) is 0 Å². The molecule has 17 heavy (non-hydrogen) atoms. The van der Waals surface area contributed by atoms with Crippen molar-refractivity contribution in [1.82, 2.24) is 0 Å². The van der Waals surface area contributed by atoms with E-state index in [2.05, 4.69) is 38.8 Å². The molecule has 2 nitrogen and oxygen atoms in total. The Morgan fingerprint density at radius 3 is 2.53 bits per heavy atom. The molecule has 0 aromatic heterocycles. The van der Waals surface area contributed by atoms with Gasteiger partial charge in [-0.1, -0.05) is 45.1 Å². The largest absolute Gasteiger partial charge is 0.389 e. The number of nitrogens with two attached hydrogens (primary N) is 1. The fraction of sp³-hybridized carbons (Fsp3) is 0.500. The Hall–Kier alpha value is -1.09. The van der Waals surface area contributed by atoms with Gasteiger partial charge in [-0.05, 0) is 24.0 Å². The van der Waals surface area contributed by atoms with E-state index in [1.165, 1.54) is 5.69 Å². The van der Waals surface area contributed by atoms with Gasteiger partial charge in [-0.25, -0.2) is 0 Å². The summed E-state index contributed by atoms with van der Waals surface area (Å²) in [5, 5.41) is 0. The van der Waals surface area contributed by atoms with Gasteiger partial charge in [-0.3, -0.25) is 0 Å². The van der Waals surface area contributed by atoms with Gasteiger partial charge in [0.1, 0.15) is 4.99 Å². The molecule has 0 spiro atoms. The van der Waals surface area contributed by atoms with Crippen molar-refractivity contribution in [1.29, 1.82) is 0 Å². The Kier molecular flexibility index (Phi) is 4.52. The van der Waals surface area contributed by atoms with Crippen LogP contribution in [0, 0.1) is 5.41 Å². The van der Waals surface area contributed by atoms with E-state index in [4.69, 9.17) is 18.0 Å². The maximum Gasteiger partial charge on any atom is 0.104 e. The molecule has 1 aromatic rings. The Labute approximate surface area is 110 Å². The number of hydrogen-bond donors (Lipinski definition) is 1. The van der Waals surface area contributed by atoms with E-state index in [1.807, 2.05) is 18.2 Å². The second kappa shape index (κ2) is 5.50. The van der Waals surface area contributed by atoms with Crippen LogP contribution in [-0.2, 0) is 0 Å². The monoisotopic (exact) mass is 250 g/mol. The molecule has 0 aliphatic rings. The molecule has 2 N–H and O–H groups in total. The first-order valence-electron chi connectivity index (χ1n) is 5.90. The third-order valence-electron chi connectivity index (χ3n) is 2.77. The topological polar surface area (TPSA) is 29.3 Å². The minimum atomic E-state index is 0.356. The SMILES string of the molecule is CN(CCC(C)(C)C)c1cccc(C(N)=S)c1. The number of hydrogen-bond acceptors (Lipinski definition) is 2. The Bertz CT molecular complexity index is 393. The lowest BCUT2D eigenvalue weighted by Crippen LogP contribution is -2.23. The van der Waals surface area contributed by atoms with Crippen LogP contribution in [0.4, 0.5) is 5.69 Å². The molecule has 0 radical (unpaired) electrons. The van der Waals surface area contributed by atoms with Gasteiger partial charge in [-0.15, -0.1) is 0 Å². The molecule has 0 atom stereocenters. The fourth-order valence-electron chi connectivity index (χ4n) is 1.53. The predicted molar refractivity (Wildman–Crippen MR) is 79.7 cm³/mol. The van der Waals surface area contributed by atoms with Crippen molar-refractivity contribution < 1.29 is 0 Å². The van der Waals surface area contributed by atoms with Gasteiger partial charge < -0.3 is 10.6 Å². The predicted octanol–water partition coefficient (Wildman–Crippen LogP) is 3.19. The van der Waals surface area contributed by atoms with E-state index < -0.39 is 0 Å². The summed E-state index contributed by atoms with van der Waals surface area (Å²) in [5.41, 5.74) is 8.09. The first-order valence-corrected chi connectivity index (χ1v) is 6.31. The molecule has 94 valence electrons. The Morgan fingerprint density at radius 1 is 1.35 bits per heavy atom. The normalized spacial score (nSPS) is 11.3. The summed E-state index contributed by atoms with van der Waals surface area (Å²) >= 11 is 4.99. The van der Waals surface area contributed by atoms with E-state index >= 15 is 0 Å². The van der Waals surface area contributed by atoms with Gasteiger partial charge in [0.25, 0.3) is 0 Å². The molecule has 0 amide bonds. The molecule has 0 unspecified atom stereocenters. The minimum Gasteiger partial charge on any atom is -0.389 e. The first kappa shape index (κ1) is 14.0. The van der Waals surface area contributed by atoms with Crippen molar-refractivity contribution in [2.45, 2.75) is 27.2 Å². The molecule has 0 aliphatic heterocycles. The molecule has 0 aliphatic carbocycles. The van der Waals surface area contributed by atoms with E-state index in [0.29, 0.717) is 10.4 Å². The molecule has 0 bridgehead atoms. The highest BCUT2D eigenvalue weighted by Gasteiger charge is 2.12. The van der Waals surface area contributed by atoms with Crippen LogP contribution in [0.1, 0.15) is 32.8 Å². The summed E-state index contributed by atoms with van der Waals surface area (Å²) in [6, 6.07) is 8.08. The lowest BCUT2D eigenvalue weighted by atomic mass is 9.92. The van der Waals surface area contributed by atoms with Gasteiger partial charge in [0.2, 0.25) is 0 Å². The molecule has 3 heteroatoms. The van der Waals surface area contributed by atoms with Crippen LogP contribution in [-0.4, -0.2) is 18.6 Å². The number of rotatable bonds is 4. The molecule has 0 saturated carbocycles. The summed E-state index contributed by atoms with van der Waals surface area (Å²) in [4.78, 5) is 2.70. The summed E-state index contributed by atoms with van der Waals surface area (Å²) < 4.78 is 0. The Balaban J connectivity index is 2.72. The van der Waals surface area contributed by atoms with Crippen molar-refractivity contribution >= 4 is 22.9 Å². The second-order valence-electron chi connectivity index (χ2n) is 5.65. The molecule has 0 saturated heterocycles. The van der Waals surface area contributed by atoms with Crippen molar-refractivity contribution in [3.05, 3.63) is 29.8 Å². The van der Waals surface area contributed by atoms with Crippen molar-refractivity contribution in [3.8, 4) is 0 Å². The van der Waals surface area contributed by atoms with Crippen LogP contribution in [0.2, 0.25) is 0 Å². The third kappa shape index (κ3) is 4.73. The molecular formula is C14H22N2S. The lowest BCUT2D eigenvalue weighted by Gasteiger charge is -2.25. The van der Waals surface area contributed by atoms with E-state index in [9.17, 15) is 0 Å². The number of nitrogens with zero attached hydrogens (tertiary/aromatic N) is 1. The van der Waals surface area contributed by atoms with E-state index in [-0.39, 0.29) is 0 Å². The second-order valence-corrected chi connectivity index (χ2v) is 6.09. The average Bonchev–Trinajstić information content (AvgIpc) is 2.25. The van der Waals surface area contributed by atoms with Gasteiger partial charge in [-0.2, -0.15) is 0 Å². The standard InChI is InChI=1S/C14H22N2S/c1-14(2,3)8-9-16(4)12-7-5-6-11(10-12)13(15)17/h5-7,10H,8-9H2,1-4H3,(H2,15,17). The van der Waals surface area contributed by atoms with Crippen molar-refractivity contribution in [2.24, 2.45) is 11.1 Å². The zero-order valence-corrected chi connectivity index (χ0v) is 12.0. The van der Waals surface area contributed by atoms with Crippen LogP contribution in [0.3, 0.4) is 0 Å². The number of benzene rings is 1. The minimum absolute atomic E-state index is 0.356. The maximum atomic E-state index is 5.64. The number of thiocarbonyl (C=S) groups is 1. The van der Waals surface area contributed by atoms with Crippen LogP contribution in [0.25, 0.3) is 0 Å². The lowest BCUT2D eigenvalue weighted by molar-refractivity contribution is 0.381. The number of anilines is 1. The summed E-state index contributed by atoms with van der Waals surface area (Å²) in [6.45, 7) is 7.80. The van der Waals surface area contributed by atoms with Crippen LogP contribution >= 0.6 is 12.2 Å². The Morgan fingerprint density at radius 2 is 2.00 bits per heavy atom. The highest BCUT2D eigenvalue weighted by Crippen LogP contribution is 2.21. The fourth-order valence-corrected chi connectivity index (χ4v) is 1.66. The van der Waals surface area contributed by atoms with Gasteiger partial charge in [0.05, 0.1) is 0 Å². The third-order valence-corrected chi connectivity index (χ3v) is 3.00. The van der Waals surface area contributed by atoms with Crippen molar-refractivity contribution in [2.75, 3.05) is 18.5 Å². The maximum absolute atomic E-state index is 5.64. The zero-order valence-electron chi connectivity index (χ0n) is 11.2. The summed E-state index contributed by atoms with van der Waals surface area (Å²) in [7, 11) is 2.10. The van der Waals surface area contributed by atoms with E-state index in [0.717, 1.165) is 18.5 Å². The highest BCUT2D eigenvalue weighted by atomic mass is 32.1. The van der Waals surface area contributed by atoms with E-state index in [1.54, 1.807) is 0 Å². The average molecular weight is 250 g/mol. The van der Waals surface area contributed by atoms with Crippen LogP contribution < -0.4 is 10.6 Å². The molecule has 0 fully saturated rings. The zero-order chi connectivity index (χ0) is 13.1. The highest BCUT2D eigenvalue weighted by molar-refractivity contribution is 7.80. The van der Waals surface area contributed by atoms with Crippen LogP contribution in [0.5, 0.6) is 0 Å². The molecular weight excluding hydrogens is 228 g/mol. The van der Waals surface area contributed by atoms with Gasteiger partial charge >= 0.3 is 0 Å². The van der Waals surface area contributed by atoms with Gasteiger partial charge in [0, 0.05) is 24.8 Å².